The van der Waals surface area contributed by atoms with Crippen molar-refractivity contribution in [1.29, 1.82) is 0 Å². The van der Waals surface area contributed by atoms with E-state index in [4.69, 9.17) is 9.84 Å². The molecule has 20 heavy (non-hydrogen) atoms. The van der Waals surface area contributed by atoms with Gasteiger partial charge in [0.25, 0.3) is 5.91 Å². The Balaban J connectivity index is 2.25. The number of rotatable bonds is 3. The summed E-state index contributed by atoms with van der Waals surface area (Å²) >= 11 is 1.33. The normalized spacial score (nSPS) is 18.4. The van der Waals surface area contributed by atoms with Crippen LogP contribution in [0.4, 0.5) is 0 Å². The maximum Gasteiger partial charge on any atom is 0.328 e. The fourth-order valence-corrected chi connectivity index (χ4v) is 2.98. The smallest absolute Gasteiger partial charge is 0.328 e. The lowest BCUT2D eigenvalue weighted by atomic mass is 10.0. The summed E-state index contributed by atoms with van der Waals surface area (Å²) in [5, 5.41) is 10.5. The summed E-state index contributed by atoms with van der Waals surface area (Å²) in [4.78, 5) is 25.6. The molecule has 0 unspecified atom stereocenters. The molecule has 0 aliphatic carbocycles. The minimum Gasteiger partial charge on any atom is -0.478 e. The highest BCUT2D eigenvalue weighted by molar-refractivity contribution is 7.12. The predicted molar refractivity (Wildman–Crippen MR) is 76.9 cm³/mol. The first-order valence-electron chi connectivity index (χ1n) is 6.30. The Labute approximate surface area is 121 Å². The first kappa shape index (κ1) is 14.7. The van der Waals surface area contributed by atoms with E-state index in [9.17, 15) is 9.59 Å². The van der Waals surface area contributed by atoms with Gasteiger partial charge in [0.15, 0.2) is 0 Å². The molecule has 6 heteroatoms. The van der Waals surface area contributed by atoms with Crippen LogP contribution in [0.15, 0.2) is 17.5 Å². The van der Waals surface area contributed by atoms with Gasteiger partial charge in [-0.15, -0.1) is 11.3 Å². The number of amides is 1. The molecule has 1 N–H and O–H groups in total. The fourth-order valence-electron chi connectivity index (χ4n) is 2.14. The van der Waals surface area contributed by atoms with Crippen molar-refractivity contribution in [2.75, 3.05) is 19.8 Å². The zero-order valence-electron chi connectivity index (χ0n) is 11.5. The van der Waals surface area contributed by atoms with Gasteiger partial charge >= 0.3 is 5.97 Å². The average molecular weight is 295 g/mol. The molecular formula is C14H17NO4S. The summed E-state index contributed by atoms with van der Waals surface area (Å²) in [6.45, 7) is 5.51. The number of hydrogen-bond acceptors (Lipinski definition) is 4. The van der Waals surface area contributed by atoms with Crippen LogP contribution in [0, 0.1) is 0 Å². The standard InChI is InChI=1S/C14H17NO4S/c1-14(2)9-19-7-6-15(14)13(18)12-10(5-8-20-12)3-4-11(16)17/h3-5,8H,6-7,9H2,1-2H3,(H,16,17). The molecule has 1 fully saturated rings. The number of thiophene rings is 1. The number of nitrogens with zero attached hydrogens (tertiary/aromatic N) is 1. The lowest BCUT2D eigenvalue weighted by Gasteiger charge is -2.42. The number of hydrogen-bond donors (Lipinski definition) is 1. The third-order valence-electron chi connectivity index (χ3n) is 3.19. The molecule has 0 radical (unpaired) electrons. The Bertz CT molecular complexity index is 547. The monoisotopic (exact) mass is 295 g/mol. The Hall–Kier alpha value is -1.66. The molecule has 2 heterocycles. The lowest BCUT2D eigenvalue weighted by Crippen LogP contribution is -2.55. The topological polar surface area (TPSA) is 66.8 Å². The second-order valence-electron chi connectivity index (χ2n) is 5.20. The molecule has 5 nitrogen and oxygen atoms in total. The molecule has 1 saturated heterocycles. The second-order valence-corrected chi connectivity index (χ2v) is 6.11. The number of carboxylic acid groups (broad SMARTS) is 1. The Kier molecular flexibility index (Phi) is 4.25. The van der Waals surface area contributed by atoms with Crippen LogP contribution in [0.5, 0.6) is 0 Å². The molecular weight excluding hydrogens is 278 g/mol. The molecule has 1 aromatic rings. The minimum atomic E-state index is -1.03. The lowest BCUT2D eigenvalue weighted by molar-refractivity contribution is -0.131. The molecule has 0 atom stereocenters. The average Bonchev–Trinajstić information content (AvgIpc) is 2.83. The van der Waals surface area contributed by atoms with Crippen molar-refractivity contribution in [2.45, 2.75) is 19.4 Å². The van der Waals surface area contributed by atoms with E-state index in [1.54, 1.807) is 16.3 Å². The Morgan fingerprint density at radius 3 is 2.90 bits per heavy atom. The second kappa shape index (κ2) is 5.76. The minimum absolute atomic E-state index is 0.0710. The van der Waals surface area contributed by atoms with Gasteiger partial charge in [-0.25, -0.2) is 4.79 Å². The maximum absolute atomic E-state index is 12.6. The molecule has 1 aromatic heterocycles. The first-order chi connectivity index (χ1) is 9.42. The highest BCUT2D eigenvalue weighted by Crippen LogP contribution is 2.26. The van der Waals surface area contributed by atoms with Gasteiger partial charge in [-0.05, 0) is 36.9 Å². The number of aliphatic carboxylic acids is 1. The van der Waals surface area contributed by atoms with E-state index < -0.39 is 5.97 Å². The number of carbonyl (C=O) groups excluding carboxylic acids is 1. The van der Waals surface area contributed by atoms with Gasteiger partial charge in [-0.1, -0.05) is 0 Å². The SMILES string of the molecule is CC1(C)COCCN1C(=O)c1sccc1C=CC(=O)O. The van der Waals surface area contributed by atoms with Crippen molar-refractivity contribution in [3.63, 3.8) is 0 Å². The van der Waals surface area contributed by atoms with Crippen LogP contribution in [0.25, 0.3) is 6.08 Å². The number of carboxylic acids is 1. The third-order valence-corrected chi connectivity index (χ3v) is 4.10. The van der Waals surface area contributed by atoms with Crippen LogP contribution in [-0.2, 0) is 9.53 Å². The fraction of sp³-hybridized carbons (Fsp3) is 0.429. The van der Waals surface area contributed by atoms with Gasteiger partial charge in [0.05, 0.1) is 23.6 Å². The Morgan fingerprint density at radius 2 is 2.25 bits per heavy atom. The largest absolute Gasteiger partial charge is 0.478 e. The highest BCUT2D eigenvalue weighted by Gasteiger charge is 2.35. The van der Waals surface area contributed by atoms with E-state index in [1.165, 1.54) is 17.4 Å². The van der Waals surface area contributed by atoms with Gasteiger partial charge < -0.3 is 14.7 Å². The van der Waals surface area contributed by atoms with E-state index in [0.717, 1.165) is 6.08 Å². The van der Waals surface area contributed by atoms with E-state index in [0.29, 0.717) is 30.2 Å². The van der Waals surface area contributed by atoms with Gasteiger partial charge in [0, 0.05) is 12.6 Å². The van der Waals surface area contributed by atoms with E-state index in [2.05, 4.69) is 0 Å². The van der Waals surface area contributed by atoms with Crippen molar-refractivity contribution in [3.05, 3.63) is 28.0 Å². The molecule has 0 saturated carbocycles. The molecule has 1 aliphatic heterocycles. The van der Waals surface area contributed by atoms with Crippen LogP contribution in [0.3, 0.4) is 0 Å². The van der Waals surface area contributed by atoms with E-state index in [-0.39, 0.29) is 11.4 Å². The van der Waals surface area contributed by atoms with Crippen LogP contribution < -0.4 is 0 Å². The van der Waals surface area contributed by atoms with Crippen LogP contribution in [0.2, 0.25) is 0 Å². The van der Waals surface area contributed by atoms with Crippen molar-refractivity contribution in [1.82, 2.24) is 4.90 Å². The summed E-state index contributed by atoms with van der Waals surface area (Å²) in [6.07, 6.45) is 2.50. The number of morpholine rings is 1. The van der Waals surface area contributed by atoms with E-state index >= 15 is 0 Å². The van der Waals surface area contributed by atoms with Crippen LogP contribution in [-0.4, -0.2) is 47.2 Å². The molecule has 0 bridgehead atoms. The summed E-state index contributed by atoms with van der Waals surface area (Å²) in [7, 11) is 0. The molecule has 108 valence electrons. The molecule has 1 amide bonds. The van der Waals surface area contributed by atoms with Crippen molar-refractivity contribution in [3.8, 4) is 0 Å². The van der Waals surface area contributed by atoms with Crippen molar-refractivity contribution >= 4 is 29.3 Å². The predicted octanol–water partition coefficient (Wildman–Crippen LogP) is 2.10. The molecule has 1 aliphatic rings. The summed E-state index contributed by atoms with van der Waals surface area (Å²) < 4.78 is 5.41. The maximum atomic E-state index is 12.6. The van der Waals surface area contributed by atoms with Gasteiger partial charge in [-0.2, -0.15) is 0 Å². The quantitative estimate of drug-likeness (QED) is 0.867. The highest BCUT2D eigenvalue weighted by atomic mass is 32.1. The van der Waals surface area contributed by atoms with Gasteiger partial charge in [-0.3, -0.25) is 4.79 Å². The molecule has 2 rings (SSSR count). The molecule has 0 spiro atoms. The Morgan fingerprint density at radius 1 is 1.50 bits per heavy atom. The van der Waals surface area contributed by atoms with Crippen molar-refractivity contribution in [2.24, 2.45) is 0 Å². The van der Waals surface area contributed by atoms with Crippen molar-refractivity contribution < 1.29 is 19.4 Å². The number of carbonyl (C=O) groups is 2. The van der Waals surface area contributed by atoms with E-state index in [1.807, 2.05) is 13.8 Å². The van der Waals surface area contributed by atoms with Gasteiger partial charge in [0.1, 0.15) is 0 Å². The summed E-state index contributed by atoms with van der Waals surface area (Å²) in [5.41, 5.74) is 0.289. The summed E-state index contributed by atoms with van der Waals surface area (Å²) in [5.74, 6) is -1.10. The van der Waals surface area contributed by atoms with Crippen LogP contribution in [0.1, 0.15) is 29.1 Å². The molecule has 0 aromatic carbocycles. The number of ether oxygens (including phenoxy) is 1. The third kappa shape index (κ3) is 3.08. The van der Waals surface area contributed by atoms with Crippen LogP contribution >= 0.6 is 11.3 Å². The van der Waals surface area contributed by atoms with Gasteiger partial charge in [0.2, 0.25) is 0 Å². The summed E-state index contributed by atoms with van der Waals surface area (Å²) in [6, 6.07) is 1.75. The zero-order chi connectivity index (χ0) is 14.8. The first-order valence-corrected chi connectivity index (χ1v) is 7.18. The zero-order valence-corrected chi connectivity index (χ0v) is 12.3.